The Morgan fingerprint density at radius 2 is 1.52 bits per heavy atom. The molecule has 1 aliphatic heterocycles. The van der Waals surface area contributed by atoms with Crippen molar-refractivity contribution in [3.63, 3.8) is 0 Å². The van der Waals surface area contributed by atoms with E-state index in [1.807, 2.05) is 0 Å². The number of nitrogens with two attached hydrogens (primary N) is 1. The van der Waals surface area contributed by atoms with Crippen LogP contribution in [0, 0.1) is 23.2 Å². The number of rotatable bonds is 8. The van der Waals surface area contributed by atoms with Crippen LogP contribution in [-0.2, 0) is 17.9 Å². The van der Waals surface area contributed by atoms with Crippen LogP contribution in [0.2, 0.25) is 10.0 Å². The number of nitrogens with zero attached hydrogens (tertiary/aromatic N) is 3. The second kappa shape index (κ2) is 14.3. The molecule has 2 heterocycles. The van der Waals surface area contributed by atoms with Gasteiger partial charge < -0.3 is 25.8 Å². The zero-order valence-electron chi connectivity index (χ0n) is 27.9. The molecule has 0 atom stereocenters. The Balaban J connectivity index is 1.54. The lowest BCUT2D eigenvalue weighted by Crippen LogP contribution is -2.39. The predicted molar refractivity (Wildman–Crippen MR) is 182 cm³/mol. The lowest BCUT2D eigenvalue weighted by Gasteiger charge is -2.35. The fourth-order valence-corrected chi connectivity index (χ4v) is 7.21. The van der Waals surface area contributed by atoms with Crippen molar-refractivity contribution in [2.24, 2.45) is 28.9 Å². The van der Waals surface area contributed by atoms with Crippen molar-refractivity contribution in [3.05, 3.63) is 45.4 Å². The number of halogens is 8. The Morgan fingerprint density at radius 1 is 0.920 bits per heavy atom. The summed E-state index contributed by atoms with van der Waals surface area (Å²) < 4.78 is 82.5. The standard InChI is InChI=1S/C34H40Cl2F6N6O2/c1-32(2,3)30(50)44-16-19-6-9-23(35)28(27(19)36)46-31-45-24-14-22(29(43)49)25(47-12-10-21(11-13-47)34(40,41)42)15-26(24)48(31)17-18-4-7-20(8-5-18)33(37,38)39/h6,9,14-15,18,20-21H,4-5,7-8,10-13,16-17H2,1-3H3,(H2,43,49)(H,44,50)(H,45,46). The number of piperidine rings is 1. The zero-order chi connectivity index (χ0) is 36.8. The number of anilines is 3. The van der Waals surface area contributed by atoms with Gasteiger partial charge in [-0.2, -0.15) is 26.3 Å². The Morgan fingerprint density at radius 3 is 2.08 bits per heavy atom. The highest BCUT2D eigenvalue weighted by Crippen LogP contribution is 2.43. The van der Waals surface area contributed by atoms with E-state index < -0.39 is 35.5 Å². The van der Waals surface area contributed by atoms with Crippen molar-refractivity contribution in [1.29, 1.82) is 0 Å². The number of alkyl halides is 6. The number of amides is 2. The molecule has 2 fully saturated rings. The molecule has 3 aromatic rings. The van der Waals surface area contributed by atoms with E-state index in [2.05, 4.69) is 10.6 Å². The molecule has 1 aromatic heterocycles. The van der Waals surface area contributed by atoms with Gasteiger partial charge in [0.15, 0.2) is 0 Å². The van der Waals surface area contributed by atoms with Crippen molar-refractivity contribution in [3.8, 4) is 0 Å². The number of nitrogens with one attached hydrogen (secondary N) is 2. The van der Waals surface area contributed by atoms with Crippen LogP contribution in [0.5, 0.6) is 0 Å². The van der Waals surface area contributed by atoms with Crippen molar-refractivity contribution in [2.45, 2.75) is 84.7 Å². The first-order chi connectivity index (χ1) is 23.2. The van der Waals surface area contributed by atoms with Crippen LogP contribution in [0.4, 0.5) is 43.7 Å². The largest absolute Gasteiger partial charge is 0.391 e. The Bertz CT molecular complexity index is 1740. The van der Waals surface area contributed by atoms with Crippen molar-refractivity contribution in [1.82, 2.24) is 14.9 Å². The third-order valence-corrected chi connectivity index (χ3v) is 10.5. The maximum absolute atomic E-state index is 13.5. The topological polar surface area (TPSA) is 105 Å². The van der Waals surface area contributed by atoms with Crippen LogP contribution in [0.25, 0.3) is 11.0 Å². The van der Waals surface area contributed by atoms with Gasteiger partial charge in [0, 0.05) is 31.6 Å². The van der Waals surface area contributed by atoms with Gasteiger partial charge in [0.05, 0.1) is 49.9 Å². The molecular weight excluding hydrogens is 709 g/mol. The summed E-state index contributed by atoms with van der Waals surface area (Å²) in [5, 5.41) is 6.48. The van der Waals surface area contributed by atoms with Crippen molar-refractivity contribution >= 4 is 63.4 Å². The van der Waals surface area contributed by atoms with Crippen molar-refractivity contribution in [2.75, 3.05) is 23.3 Å². The summed E-state index contributed by atoms with van der Waals surface area (Å²) in [6.45, 7) is 5.78. The highest BCUT2D eigenvalue weighted by Gasteiger charge is 2.43. The number of carbonyl (C=O) groups excluding carboxylic acids is 2. The molecule has 274 valence electrons. The van der Waals surface area contributed by atoms with E-state index in [0.29, 0.717) is 35.1 Å². The lowest BCUT2D eigenvalue weighted by molar-refractivity contribution is -0.184. The van der Waals surface area contributed by atoms with Gasteiger partial charge in [-0.1, -0.05) is 50.0 Å². The monoisotopic (exact) mass is 748 g/mol. The molecule has 16 heteroatoms. The SMILES string of the molecule is CC(C)(C)C(=O)NCc1ccc(Cl)c(Nc2nc3cc(C(N)=O)c(N4CCC(C(F)(F)F)CC4)cc3n2CC2CCC(C(F)(F)F)CC2)c1Cl. The number of hydrogen-bond donors (Lipinski definition) is 3. The first-order valence-corrected chi connectivity index (χ1v) is 17.2. The fourth-order valence-electron chi connectivity index (χ4n) is 6.68. The summed E-state index contributed by atoms with van der Waals surface area (Å²) >= 11 is 13.4. The smallest absolute Gasteiger partial charge is 0.371 e. The van der Waals surface area contributed by atoms with E-state index in [0.717, 1.165) is 0 Å². The van der Waals surface area contributed by atoms with Gasteiger partial charge in [0.2, 0.25) is 11.9 Å². The number of imidazole rings is 1. The van der Waals surface area contributed by atoms with Gasteiger partial charge in [-0.3, -0.25) is 9.59 Å². The molecular formula is C34H40Cl2F6N6O2. The molecule has 1 saturated heterocycles. The molecule has 4 N–H and O–H groups in total. The van der Waals surface area contributed by atoms with E-state index in [1.54, 1.807) is 48.4 Å². The number of aromatic nitrogens is 2. The van der Waals surface area contributed by atoms with Gasteiger partial charge >= 0.3 is 12.4 Å². The quantitative estimate of drug-likeness (QED) is 0.200. The summed E-state index contributed by atoms with van der Waals surface area (Å²) in [5.74, 6) is -3.73. The highest BCUT2D eigenvalue weighted by atomic mass is 35.5. The predicted octanol–water partition coefficient (Wildman–Crippen LogP) is 9.00. The maximum atomic E-state index is 13.5. The van der Waals surface area contributed by atoms with Crippen LogP contribution >= 0.6 is 23.2 Å². The van der Waals surface area contributed by atoms with Gasteiger partial charge in [0.25, 0.3) is 5.91 Å². The molecule has 0 radical (unpaired) electrons. The average Bonchev–Trinajstić information content (AvgIpc) is 3.36. The third-order valence-electron chi connectivity index (χ3n) is 9.71. The fraction of sp³-hybridized carbons (Fsp3) is 0.559. The molecule has 0 spiro atoms. The first kappa shape index (κ1) is 37.9. The number of benzene rings is 2. The summed E-state index contributed by atoms with van der Waals surface area (Å²) in [6, 6.07) is 6.42. The second-order valence-corrected chi connectivity index (χ2v) is 15.1. The summed E-state index contributed by atoms with van der Waals surface area (Å²) in [6.07, 6.45) is -8.33. The summed E-state index contributed by atoms with van der Waals surface area (Å²) in [5.41, 5.74) is 7.22. The van der Waals surface area contributed by atoms with Crippen LogP contribution in [0.15, 0.2) is 24.3 Å². The van der Waals surface area contributed by atoms with E-state index in [4.69, 9.17) is 33.9 Å². The van der Waals surface area contributed by atoms with Gasteiger partial charge in [-0.05, 0) is 68.2 Å². The second-order valence-electron chi connectivity index (χ2n) is 14.3. The molecule has 8 nitrogen and oxygen atoms in total. The van der Waals surface area contributed by atoms with E-state index in [-0.39, 0.29) is 90.9 Å². The van der Waals surface area contributed by atoms with Crippen LogP contribution in [0.1, 0.15) is 75.2 Å². The summed E-state index contributed by atoms with van der Waals surface area (Å²) in [7, 11) is 0. The minimum absolute atomic E-state index is 0.0191. The summed E-state index contributed by atoms with van der Waals surface area (Å²) in [4.78, 5) is 31.6. The van der Waals surface area contributed by atoms with Crippen LogP contribution in [0.3, 0.4) is 0 Å². The normalized spacial score (nSPS) is 19.5. The maximum Gasteiger partial charge on any atom is 0.391 e. The zero-order valence-corrected chi connectivity index (χ0v) is 29.4. The van der Waals surface area contributed by atoms with E-state index in [1.165, 1.54) is 6.07 Å². The minimum atomic E-state index is -4.33. The van der Waals surface area contributed by atoms with Crippen LogP contribution in [-0.4, -0.2) is 46.8 Å². The molecule has 5 rings (SSSR count). The number of primary amides is 1. The number of hydrogen-bond acceptors (Lipinski definition) is 5. The minimum Gasteiger partial charge on any atom is -0.371 e. The lowest BCUT2D eigenvalue weighted by atomic mass is 9.81. The van der Waals surface area contributed by atoms with Gasteiger partial charge in [0.1, 0.15) is 0 Å². The number of carbonyl (C=O) groups is 2. The molecule has 2 aromatic carbocycles. The average molecular weight is 750 g/mol. The highest BCUT2D eigenvalue weighted by molar-refractivity contribution is 6.39. The Labute approximate surface area is 296 Å². The molecule has 1 aliphatic carbocycles. The number of fused-ring (bicyclic) bond motifs is 1. The molecule has 2 aliphatic rings. The van der Waals surface area contributed by atoms with Gasteiger partial charge in [-0.25, -0.2) is 4.98 Å². The molecule has 50 heavy (non-hydrogen) atoms. The van der Waals surface area contributed by atoms with Crippen molar-refractivity contribution < 1.29 is 35.9 Å². The first-order valence-electron chi connectivity index (χ1n) is 16.5. The molecule has 0 bridgehead atoms. The molecule has 1 saturated carbocycles. The Kier molecular flexibility index (Phi) is 10.8. The van der Waals surface area contributed by atoms with E-state index in [9.17, 15) is 35.9 Å². The van der Waals surface area contributed by atoms with Gasteiger partial charge in [-0.15, -0.1) is 0 Å². The third kappa shape index (κ3) is 8.38. The molecule has 2 amide bonds. The van der Waals surface area contributed by atoms with E-state index >= 15 is 0 Å². The molecule has 0 unspecified atom stereocenters. The Hall–Kier alpha value is -3.39. The van der Waals surface area contributed by atoms with Crippen LogP contribution < -0.4 is 21.3 Å².